The fraction of sp³-hybridized carbons (Fsp3) is 0.250. The van der Waals surface area contributed by atoms with Crippen molar-refractivity contribution in [1.82, 2.24) is 5.32 Å². The molecule has 0 aromatic heterocycles. The second-order valence-electron chi connectivity index (χ2n) is 6.91. The first-order valence-electron chi connectivity index (χ1n) is 9.93. The first-order valence-corrected chi connectivity index (χ1v) is 11.5. The molecule has 31 heavy (non-hydrogen) atoms. The fourth-order valence-corrected chi connectivity index (χ4v) is 3.77. The summed E-state index contributed by atoms with van der Waals surface area (Å²) in [5.41, 5.74) is 3.07. The van der Waals surface area contributed by atoms with Crippen LogP contribution in [0.15, 0.2) is 59.1 Å². The highest BCUT2D eigenvalue weighted by molar-refractivity contribution is 9.10. The van der Waals surface area contributed by atoms with Crippen molar-refractivity contribution in [3.63, 3.8) is 0 Å². The van der Waals surface area contributed by atoms with E-state index in [1.54, 1.807) is 24.3 Å². The quantitative estimate of drug-likeness (QED) is 0.283. The molecule has 0 heterocycles. The van der Waals surface area contributed by atoms with E-state index < -0.39 is 0 Å². The molecule has 0 fully saturated rings. The maximum absolute atomic E-state index is 13.0. The molecule has 0 atom stereocenters. The van der Waals surface area contributed by atoms with Gasteiger partial charge in [0.2, 0.25) is 0 Å². The van der Waals surface area contributed by atoms with Gasteiger partial charge in [-0.3, -0.25) is 0 Å². The molecule has 0 aliphatic heterocycles. The second kappa shape index (κ2) is 11.7. The van der Waals surface area contributed by atoms with Crippen LogP contribution in [-0.2, 0) is 19.6 Å². The van der Waals surface area contributed by atoms with Crippen LogP contribution in [0.4, 0.5) is 4.39 Å². The first kappa shape index (κ1) is 23.9. The van der Waals surface area contributed by atoms with Gasteiger partial charge in [-0.2, -0.15) is 0 Å². The lowest BCUT2D eigenvalue weighted by molar-refractivity contribution is 0.269. The normalized spacial score (nSPS) is 10.9. The van der Waals surface area contributed by atoms with Gasteiger partial charge in [0.1, 0.15) is 12.4 Å². The third-order valence-corrected chi connectivity index (χ3v) is 6.09. The summed E-state index contributed by atoms with van der Waals surface area (Å²) in [7, 11) is 0. The molecule has 1 N–H and O–H groups in total. The molecule has 3 rings (SSSR count). The number of nitrogens with one attached hydrogen (secondary N) is 1. The molecular weight excluding hydrogens is 504 g/mol. The molecule has 3 aromatic rings. The molecule has 0 saturated heterocycles. The van der Waals surface area contributed by atoms with Crippen molar-refractivity contribution in [3.8, 4) is 11.5 Å². The Morgan fingerprint density at radius 1 is 0.903 bits per heavy atom. The van der Waals surface area contributed by atoms with Crippen LogP contribution in [0.3, 0.4) is 0 Å². The van der Waals surface area contributed by atoms with E-state index in [0.717, 1.165) is 34.1 Å². The van der Waals surface area contributed by atoms with Crippen LogP contribution >= 0.6 is 39.1 Å². The van der Waals surface area contributed by atoms with Crippen molar-refractivity contribution in [2.75, 3.05) is 13.2 Å². The van der Waals surface area contributed by atoms with Gasteiger partial charge in [0.15, 0.2) is 11.5 Å². The molecule has 3 nitrogen and oxygen atoms in total. The molecule has 0 saturated carbocycles. The van der Waals surface area contributed by atoms with Crippen LogP contribution in [0, 0.1) is 5.82 Å². The average molecular weight is 527 g/mol. The minimum Gasteiger partial charge on any atom is -0.490 e. The van der Waals surface area contributed by atoms with Crippen molar-refractivity contribution in [2.45, 2.75) is 26.5 Å². The van der Waals surface area contributed by atoms with E-state index in [-0.39, 0.29) is 5.82 Å². The summed E-state index contributed by atoms with van der Waals surface area (Å²) >= 11 is 15.7. The standard InChI is InChI=1S/C24H23BrCl2FNO2/c1-2-30-23-12-18(14-29-10-9-16-3-6-19(28)7-4-16)20(25)13-24(23)31-15-17-5-8-21(26)22(27)11-17/h3-8,11-13,29H,2,9-10,14-15H2,1H3. The number of ether oxygens (including phenoxy) is 2. The maximum Gasteiger partial charge on any atom is 0.162 e. The van der Waals surface area contributed by atoms with Gasteiger partial charge in [0.25, 0.3) is 0 Å². The van der Waals surface area contributed by atoms with Crippen LogP contribution in [0.2, 0.25) is 10.0 Å². The predicted octanol–water partition coefficient (Wildman–Crippen LogP) is 7.21. The highest BCUT2D eigenvalue weighted by atomic mass is 79.9. The predicted molar refractivity (Wildman–Crippen MR) is 128 cm³/mol. The van der Waals surface area contributed by atoms with Crippen molar-refractivity contribution < 1.29 is 13.9 Å². The van der Waals surface area contributed by atoms with Crippen LogP contribution in [0.5, 0.6) is 11.5 Å². The van der Waals surface area contributed by atoms with Gasteiger partial charge < -0.3 is 14.8 Å². The molecule has 7 heteroatoms. The lowest BCUT2D eigenvalue weighted by Gasteiger charge is -2.16. The zero-order valence-corrected chi connectivity index (χ0v) is 20.2. The number of hydrogen-bond donors (Lipinski definition) is 1. The molecule has 0 bridgehead atoms. The second-order valence-corrected chi connectivity index (χ2v) is 8.58. The number of halogens is 4. The summed E-state index contributed by atoms with van der Waals surface area (Å²) in [6.07, 6.45) is 0.820. The highest BCUT2D eigenvalue weighted by Crippen LogP contribution is 2.35. The van der Waals surface area contributed by atoms with Crippen molar-refractivity contribution in [3.05, 3.63) is 91.6 Å². The third kappa shape index (κ3) is 7.11. The number of rotatable bonds is 10. The van der Waals surface area contributed by atoms with Crippen LogP contribution in [0.1, 0.15) is 23.6 Å². The minimum atomic E-state index is -0.217. The summed E-state index contributed by atoms with van der Waals surface area (Å²) in [5.74, 6) is 1.11. The van der Waals surface area contributed by atoms with E-state index in [0.29, 0.717) is 41.3 Å². The zero-order valence-electron chi connectivity index (χ0n) is 17.1. The van der Waals surface area contributed by atoms with Gasteiger partial charge in [-0.1, -0.05) is 57.3 Å². The van der Waals surface area contributed by atoms with Crippen LogP contribution in [-0.4, -0.2) is 13.2 Å². The summed E-state index contributed by atoms with van der Waals surface area (Å²) in [6.45, 7) is 4.25. The molecule has 0 aliphatic rings. The molecule has 3 aromatic carbocycles. The molecule has 0 spiro atoms. The Morgan fingerprint density at radius 3 is 2.32 bits per heavy atom. The Balaban J connectivity index is 1.61. The van der Waals surface area contributed by atoms with E-state index in [9.17, 15) is 4.39 Å². The lowest BCUT2D eigenvalue weighted by Crippen LogP contribution is -2.17. The Labute approximate surface area is 200 Å². The molecule has 0 radical (unpaired) electrons. The summed E-state index contributed by atoms with van der Waals surface area (Å²) < 4.78 is 25.7. The van der Waals surface area contributed by atoms with Gasteiger partial charge in [-0.15, -0.1) is 0 Å². The minimum absolute atomic E-state index is 0.217. The maximum atomic E-state index is 13.0. The lowest BCUT2D eigenvalue weighted by atomic mass is 10.1. The summed E-state index contributed by atoms with van der Waals surface area (Å²) in [5, 5.41) is 4.43. The summed E-state index contributed by atoms with van der Waals surface area (Å²) in [6, 6.07) is 15.9. The Morgan fingerprint density at radius 2 is 1.61 bits per heavy atom. The first-order chi connectivity index (χ1) is 15.0. The fourth-order valence-electron chi connectivity index (χ4n) is 2.99. The third-order valence-electron chi connectivity index (χ3n) is 4.61. The molecular formula is C24H23BrCl2FNO2. The molecule has 0 amide bonds. The highest BCUT2D eigenvalue weighted by Gasteiger charge is 2.12. The number of benzene rings is 3. The van der Waals surface area contributed by atoms with E-state index >= 15 is 0 Å². The molecule has 164 valence electrons. The smallest absolute Gasteiger partial charge is 0.162 e. The van der Waals surface area contributed by atoms with E-state index in [1.165, 1.54) is 12.1 Å². The largest absolute Gasteiger partial charge is 0.490 e. The van der Waals surface area contributed by atoms with E-state index in [4.69, 9.17) is 32.7 Å². The Hall–Kier alpha value is -1.79. The topological polar surface area (TPSA) is 30.5 Å². The van der Waals surface area contributed by atoms with Crippen molar-refractivity contribution in [1.29, 1.82) is 0 Å². The summed E-state index contributed by atoms with van der Waals surface area (Å²) in [4.78, 5) is 0. The monoisotopic (exact) mass is 525 g/mol. The average Bonchev–Trinajstić information content (AvgIpc) is 2.75. The van der Waals surface area contributed by atoms with Crippen LogP contribution in [0.25, 0.3) is 0 Å². The van der Waals surface area contributed by atoms with E-state index in [2.05, 4.69) is 21.2 Å². The Kier molecular flexibility index (Phi) is 9.02. The van der Waals surface area contributed by atoms with Gasteiger partial charge in [0.05, 0.1) is 16.7 Å². The number of hydrogen-bond acceptors (Lipinski definition) is 3. The molecule has 0 unspecified atom stereocenters. The van der Waals surface area contributed by atoms with Gasteiger partial charge in [-0.25, -0.2) is 4.39 Å². The van der Waals surface area contributed by atoms with E-state index in [1.807, 2.05) is 25.1 Å². The van der Waals surface area contributed by atoms with Gasteiger partial charge in [-0.05, 0) is 73.0 Å². The van der Waals surface area contributed by atoms with Crippen LogP contribution < -0.4 is 14.8 Å². The zero-order chi connectivity index (χ0) is 22.2. The SMILES string of the molecule is CCOc1cc(CNCCc2ccc(F)cc2)c(Br)cc1OCc1ccc(Cl)c(Cl)c1. The van der Waals surface area contributed by atoms with Gasteiger partial charge >= 0.3 is 0 Å². The van der Waals surface area contributed by atoms with Gasteiger partial charge in [0, 0.05) is 11.0 Å². The molecule has 0 aliphatic carbocycles. The Bertz CT molecular complexity index is 1020. The van der Waals surface area contributed by atoms with Crippen molar-refractivity contribution >= 4 is 39.1 Å². The van der Waals surface area contributed by atoms with Crippen molar-refractivity contribution in [2.24, 2.45) is 0 Å².